The van der Waals surface area contributed by atoms with E-state index in [2.05, 4.69) is 35.9 Å². The van der Waals surface area contributed by atoms with Crippen LogP contribution < -0.4 is 10.0 Å². The zero-order valence-electron chi connectivity index (χ0n) is 18.0. The van der Waals surface area contributed by atoms with E-state index in [-0.39, 0.29) is 16.8 Å². The number of nitrogens with one attached hydrogen (secondary N) is 2. The quantitative estimate of drug-likeness (QED) is 0.279. The number of aromatic nitrogens is 2. The Morgan fingerprint density at radius 3 is 2.26 bits per heavy atom. The Hall–Kier alpha value is -3.53. The molecule has 0 radical (unpaired) electrons. The summed E-state index contributed by atoms with van der Waals surface area (Å²) in [6.07, 6.45) is 5.04. The first-order valence-corrected chi connectivity index (χ1v) is 12.9. The highest BCUT2D eigenvalue weighted by atomic mass is 79.9. The first-order chi connectivity index (χ1) is 16.8. The Bertz CT molecular complexity index is 1470. The molecule has 0 atom stereocenters. The molecule has 1 amide bonds. The van der Waals surface area contributed by atoms with Crippen LogP contribution in [0.5, 0.6) is 0 Å². The highest BCUT2D eigenvalue weighted by molar-refractivity contribution is 9.10. The Balaban J connectivity index is 1.43. The Labute approximate surface area is 216 Å². The number of hydrogen-bond donors (Lipinski definition) is 2. The maximum Gasteiger partial charge on any atom is 0.264 e. The Morgan fingerprint density at radius 1 is 0.886 bits per heavy atom. The lowest BCUT2D eigenvalue weighted by molar-refractivity contribution is 0.102. The van der Waals surface area contributed by atoms with Crippen molar-refractivity contribution in [2.75, 3.05) is 10.0 Å². The van der Waals surface area contributed by atoms with Crippen molar-refractivity contribution in [1.82, 2.24) is 9.97 Å². The number of benzene rings is 3. The van der Waals surface area contributed by atoms with E-state index in [0.717, 1.165) is 10.0 Å². The van der Waals surface area contributed by atoms with Gasteiger partial charge in [0.1, 0.15) is 0 Å². The molecule has 0 saturated heterocycles. The standard InChI is InChI=1S/C25H18BrClN4O3S/c26-19-6-4-18(5-7-19)24(32)29-21-11-13-23(14-12-21)35(33,34)31-25-28-16-15-22(30-25)10-3-17-1-8-20(27)9-2-17/h1-16H,(H,29,32)(H,28,30,31)/b10-3+. The summed E-state index contributed by atoms with van der Waals surface area (Å²) in [5.41, 5.74) is 2.39. The number of anilines is 2. The summed E-state index contributed by atoms with van der Waals surface area (Å²) in [5, 5.41) is 3.37. The third kappa shape index (κ3) is 6.75. The summed E-state index contributed by atoms with van der Waals surface area (Å²) < 4.78 is 28.8. The van der Waals surface area contributed by atoms with Crippen molar-refractivity contribution in [3.05, 3.63) is 111 Å². The smallest absolute Gasteiger partial charge is 0.264 e. The third-order valence-electron chi connectivity index (χ3n) is 4.75. The number of sulfonamides is 1. The second kappa shape index (κ2) is 10.8. The van der Waals surface area contributed by atoms with Gasteiger partial charge in [0, 0.05) is 26.9 Å². The maximum atomic E-state index is 12.8. The third-order valence-corrected chi connectivity index (χ3v) is 6.87. The summed E-state index contributed by atoms with van der Waals surface area (Å²) in [6.45, 7) is 0. The monoisotopic (exact) mass is 568 g/mol. The van der Waals surface area contributed by atoms with Crippen molar-refractivity contribution in [3.8, 4) is 0 Å². The molecule has 2 N–H and O–H groups in total. The summed E-state index contributed by atoms with van der Waals surface area (Å²) in [5.74, 6) is -0.362. The number of nitrogens with zero attached hydrogens (tertiary/aromatic N) is 2. The van der Waals surface area contributed by atoms with Gasteiger partial charge in [0.25, 0.3) is 15.9 Å². The summed E-state index contributed by atoms with van der Waals surface area (Å²) >= 11 is 9.22. The lowest BCUT2D eigenvalue weighted by Crippen LogP contribution is -2.16. The molecule has 0 saturated carbocycles. The van der Waals surface area contributed by atoms with Crippen molar-refractivity contribution in [2.24, 2.45) is 0 Å². The van der Waals surface area contributed by atoms with E-state index in [1.54, 1.807) is 48.5 Å². The zero-order valence-corrected chi connectivity index (χ0v) is 21.2. The van der Waals surface area contributed by atoms with E-state index in [4.69, 9.17) is 11.6 Å². The van der Waals surface area contributed by atoms with E-state index in [1.807, 2.05) is 18.2 Å². The van der Waals surface area contributed by atoms with Crippen LogP contribution in [0.25, 0.3) is 12.2 Å². The average molecular weight is 570 g/mol. The van der Waals surface area contributed by atoms with Gasteiger partial charge in [0.2, 0.25) is 5.95 Å². The second-order valence-electron chi connectivity index (χ2n) is 7.28. The molecule has 0 spiro atoms. The number of rotatable bonds is 7. The predicted octanol–water partition coefficient (Wildman–Crippen LogP) is 6.12. The number of carbonyl (C=O) groups is 1. The van der Waals surface area contributed by atoms with Crippen molar-refractivity contribution >= 4 is 67.2 Å². The van der Waals surface area contributed by atoms with Crippen LogP contribution in [0.3, 0.4) is 0 Å². The van der Waals surface area contributed by atoms with E-state index < -0.39 is 10.0 Å². The first kappa shape index (κ1) is 24.6. The molecule has 176 valence electrons. The molecule has 4 aromatic rings. The van der Waals surface area contributed by atoms with Gasteiger partial charge < -0.3 is 5.32 Å². The highest BCUT2D eigenvalue weighted by Crippen LogP contribution is 2.19. The minimum absolute atomic E-state index is 0.00449. The molecular weight excluding hydrogens is 552 g/mol. The van der Waals surface area contributed by atoms with Gasteiger partial charge >= 0.3 is 0 Å². The molecule has 10 heteroatoms. The fourth-order valence-corrected chi connectivity index (χ4v) is 4.31. The number of halogens is 2. The number of hydrogen-bond acceptors (Lipinski definition) is 5. The molecule has 0 bridgehead atoms. The summed E-state index contributed by atoms with van der Waals surface area (Å²) in [6, 6.07) is 21.6. The number of amides is 1. The lowest BCUT2D eigenvalue weighted by atomic mass is 10.2. The van der Waals surface area contributed by atoms with Gasteiger partial charge in [-0.25, -0.2) is 23.1 Å². The van der Waals surface area contributed by atoms with Gasteiger partial charge in [0.15, 0.2) is 0 Å². The fourth-order valence-electron chi connectivity index (χ4n) is 2.97. The van der Waals surface area contributed by atoms with Crippen molar-refractivity contribution in [2.45, 2.75) is 4.90 Å². The van der Waals surface area contributed by atoms with Gasteiger partial charge in [-0.05, 0) is 78.4 Å². The normalized spacial score (nSPS) is 11.4. The van der Waals surface area contributed by atoms with Crippen LogP contribution in [0.2, 0.25) is 5.02 Å². The summed E-state index contributed by atoms with van der Waals surface area (Å²) in [7, 11) is -3.94. The second-order valence-corrected chi connectivity index (χ2v) is 10.3. The van der Waals surface area contributed by atoms with Gasteiger partial charge in [-0.3, -0.25) is 4.79 Å². The van der Waals surface area contributed by atoms with Gasteiger partial charge in [-0.1, -0.05) is 45.7 Å². The van der Waals surface area contributed by atoms with Crippen LogP contribution in [0.1, 0.15) is 21.6 Å². The van der Waals surface area contributed by atoms with Crippen LogP contribution in [0.4, 0.5) is 11.6 Å². The van der Waals surface area contributed by atoms with Gasteiger partial charge in [0.05, 0.1) is 10.6 Å². The molecule has 3 aromatic carbocycles. The first-order valence-electron chi connectivity index (χ1n) is 10.2. The molecule has 0 aliphatic carbocycles. The molecule has 0 aliphatic heterocycles. The van der Waals surface area contributed by atoms with Gasteiger partial charge in [-0.15, -0.1) is 0 Å². The SMILES string of the molecule is O=C(Nc1ccc(S(=O)(=O)Nc2nccc(/C=C/c3ccc(Cl)cc3)n2)cc1)c1ccc(Br)cc1. The van der Waals surface area contributed by atoms with Crippen molar-refractivity contribution in [3.63, 3.8) is 0 Å². The Kier molecular flexibility index (Phi) is 7.60. The molecule has 35 heavy (non-hydrogen) atoms. The molecule has 1 heterocycles. The van der Waals surface area contributed by atoms with Gasteiger partial charge in [-0.2, -0.15) is 0 Å². The largest absolute Gasteiger partial charge is 0.322 e. The fraction of sp³-hybridized carbons (Fsp3) is 0. The molecule has 1 aromatic heterocycles. The molecule has 4 rings (SSSR count). The molecular formula is C25H18BrClN4O3S. The average Bonchev–Trinajstić information content (AvgIpc) is 2.84. The minimum atomic E-state index is -3.94. The van der Waals surface area contributed by atoms with Crippen LogP contribution in [0, 0.1) is 0 Å². The van der Waals surface area contributed by atoms with E-state index >= 15 is 0 Å². The Morgan fingerprint density at radius 2 is 1.57 bits per heavy atom. The van der Waals surface area contributed by atoms with Crippen LogP contribution in [-0.2, 0) is 10.0 Å². The maximum absolute atomic E-state index is 12.8. The van der Waals surface area contributed by atoms with E-state index in [0.29, 0.717) is 22.0 Å². The molecule has 0 unspecified atom stereocenters. The van der Waals surface area contributed by atoms with E-state index in [9.17, 15) is 13.2 Å². The molecule has 0 fully saturated rings. The minimum Gasteiger partial charge on any atom is -0.322 e. The number of carbonyl (C=O) groups excluding carboxylic acids is 1. The molecule has 0 aliphatic rings. The van der Waals surface area contributed by atoms with Crippen LogP contribution in [-0.4, -0.2) is 24.3 Å². The van der Waals surface area contributed by atoms with E-state index in [1.165, 1.54) is 30.5 Å². The van der Waals surface area contributed by atoms with Crippen molar-refractivity contribution < 1.29 is 13.2 Å². The summed E-state index contributed by atoms with van der Waals surface area (Å²) in [4.78, 5) is 20.6. The van der Waals surface area contributed by atoms with Crippen molar-refractivity contribution in [1.29, 1.82) is 0 Å². The topological polar surface area (TPSA) is 101 Å². The molecule has 7 nitrogen and oxygen atoms in total. The van der Waals surface area contributed by atoms with Crippen LogP contribution in [0.15, 0.2) is 94.4 Å². The zero-order chi connectivity index (χ0) is 24.8. The van der Waals surface area contributed by atoms with Crippen LogP contribution >= 0.6 is 27.5 Å². The predicted molar refractivity (Wildman–Crippen MR) is 142 cm³/mol. The lowest BCUT2D eigenvalue weighted by Gasteiger charge is -2.09. The highest BCUT2D eigenvalue weighted by Gasteiger charge is 2.16.